The molecule has 0 radical (unpaired) electrons. The number of carboxylic acids is 2. The Hall–Kier alpha value is -3.74. The van der Waals surface area contributed by atoms with Crippen LogP contribution in [0, 0.1) is 0 Å². The number of carbonyl (C=O) groups excluding carboxylic acids is 2. The molecule has 2 aromatic rings. The number of hydrogen-bond acceptors (Lipinski definition) is 7. The average molecular weight is 407 g/mol. The van der Waals surface area contributed by atoms with Crippen molar-refractivity contribution in [2.24, 2.45) is 5.73 Å². The normalized spacial score (nSPS) is 13.8. The number of hydrogen-bond donors (Lipinski definition) is 7. The summed E-state index contributed by atoms with van der Waals surface area (Å²) in [6.45, 7) is 0. The minimum absolute atomic E-state index is 0.0340. The second-order valence-corrected chi connectivity index (χ2v) is 6.23. The summed E-state index contributed by atoms with van der Waals surface area (Å²) in [6, 6.07) is -3.85. The SMILES string of the molecule is NC(Cc1cnc[nH]1)C(=O)NC(Cc1cnc[nH]1)C(=O)NC(CC(=O)O)C(=O)O. The summed E-state index contributed by atoms with van der Waals surface area (Å²) in [5, 5.41) is 22.5. The lowest BCUT2D eigenvalue weighted by Crippen LogP contribution is -2.55. The number of carbonyl (C=O) groups is 4. The van der Waals surface area contributed by atoms with Gasteiger partial charge in [-0.05, 0) is 0 Å². The predicted octanol–water partition coefficient (Wildman–Crippen LogP) is -2.23. The number of carboxylic acid groups (broad SMARTS) is 2. The van der Waals surface area contributed by atoms with Gasteiger partial charge in [0, 0.05) is 36.6 Å². The van der Waals surface area contributed by atoms with Gasteiger partial charge in [0.1, 0.15) is 12.1 Å². The smallest absolute Gasteiger partial charge is 0.326 e. The third-order valence-electron chi connectivity index (χ3n) is 3.94. The van der Waals surface area contributed by atoms with E-state index in [0.717, 1.165) is 0 Å². The molecular weight excluding hydrogens is 386 g/mol. The van der Waals surface area contributed by atoms with Crippen LogP contribution in [0.3, 0.4) is 0 Å². The highest BCUT2D eigenvalue weighted by Crippen LogP contribution is 2.03. The van der Waals surface area contributed by atoms with Gasteiger partial charge in [-0.25, -0.2) is 14.8 Å². The van der Waals surface area contributed by atoms with Crippen molar-refractivity contribution in [1.29, 1.82) is 0 Å². The molecule has 0 aliphatic rings. The molecule has 0 bridgehead atoms. The summed E-state index contributed by atoms with van der Waals surface area (Å²) in [4.78, 5) is 60.2. The van der Waals surface area contributed by atoms with Gasteiger partial charge < -0.3 is 36.5 Å². The fraction of sp³-hybridized carbons (Fsp3) is 0.375. The number of aromatic nitrogens is 4. The third-order valence-corrected chi connectivity index (χ3v) is 3.94. The van der Waals surface area contributed by atoms with Gasteiger partial charge in [0.15, 0.2) is 0 Å². The first-order valence-electron chi connectivity index (χ1n) is 8.51. The molecule has 13 heteroatoms. The number of imidazole rings is 2. The molecule has 13 nitrogen and oxygen atoms in total. The molecule has 2 heterocycles. The van der Waals surface area contributed by atoms with Crippen molar-refractivity contribution in [1.82, 2.24) is 30.6 Å². The highest BCUT2D eigenvalue weighted by Gasteiger charge is 2.29. The van der Waals surface area contributed by atoms with Crippen molar-refractivity contribution in [3.05, 3.63) is 36.4 Å². The molecule has 0 saturated heterocycles. The molecule has 3 atom stereocenters. The molecule has 2 rings (SSSR count). The Morgan fingerprint density at radius 2 is 1.48 bits per heavy atom. The monoisotopic (exact) mass is 407 g/mol. The first kappa shape index (κ1) is 21.6. The van der Waals surface area contributed by atoms with E-state index in [-0.39, 0.29) is 12.8 Å². The minimum Gasteiger partial charge on any atom is -0.481 e. The van der Waals surface area contributed by atoms with E-state index in [1.165, 1.54) is 25.0 Å². The number of nitrogens with zero attached hydrogens (tertiary/aromatic N) is 2. The largest absolute Gasteiger partial charge is 0.481 e. The van der Waals surface area contributed by atoms with Crippen LogP contribution in [0.4, 0.5) is 0 Å². The van der Waals surface area contributed by atoms with Gasteiger partial charge in [-0.1, -0.05) is 0 Å². The van der Waals surface area contributed by atoms with Crippen LogP contribution >= 0.6 is 0 Å². The van der Waals surface area contributed by atoms with Crippen molar-refractivity contribution < 1.29 is 29.4 Å². The first-order valence-corrected chi connectivity index (χ1v) is 8.51. The van der Waals surface area contributed by atoms with Gasteiger partial charge in [-0.15, -0.1) is 0 Å². The Morgan fingerprint density at radius 1 is 0.931 bits per heavy atom. The van der Waals surface area contributed by atoms with Crippen molar-refractivity contribution in [2.45, 2.75) is 37.4 Å². The molecule has 156 valence electrons. The molecule has 8 N–H and O–H groups in total. The topological polar surface area (TPSA) is 216 Å². The molecule has 0 aromatic carbocycles. The van der Waals surface area contributed by atoms with Crippen LogP contribution in [0.2, 0.25) is 0 Å². The molecule has 0 aliphatic heterocycles. The maximum atomic E-state index is 12.6. The second kappa shape index (κ2) is 9.98. The highest BCUT2D eigenvalue weighted by molar-refractivity contribution is 5.93. The number of nitrogens with two attached hydrogens (primary N) is 1. The molecular formula is C16H21N7O6. The van der Waals surface area contributed by atoms with Gasteiger partial charge in [0.25, 0.3) is 0 Å². The van der Waals surface area contributed by atoms with Gasteiger partial charge in [0.2, 0.25) is 11.8 Å². The van der Waals surface area contributed by atoms with Gasteiger partial charge in [-0.3, -0.25) is 14.4 Å². The zero-order chi connectivity index (χ0) is 21.4. The summed E-state index contributed by atoms with van der Waals surface area (Å²) in [7, 11) is 0. The lowest BCUT2D eigenvalue weighted by atomic mass is 10.1. The van der Waals surface area contributed by atoms with E-state index in [9.17, 15) is 19.2 Å². The summed E-state index contributed by atoms with van der Waals surface area (Å²) in [5.41, 5.74) is 6.98. The predicted molar refractivity (Wildman–Crippen MR) is 96.3 cm³/mol. The Morgan fingerprint density at radius 3 is 1.97 bits per heavy atom. The Balaban J connectivity index is 2.08. The van der Waals surface area contributed by atoms with Crippen molar-refractivity contribution in [3.63, 3.8) is 0 Å². The summed E-state index contributed by atoms with van der Waals surface area (Å²) < 4.78 is 0. The second-order valence-electron chi connectivity index (χ2n) is 6.23. The molecule has 29 heavy (non-hydrogen) atoms. The van der Waals surface area contributed by atoms with Gasteiger partial charge in [0.05, 0.1) is 25.1 Å². The Bertz CT molecular complexity index is 836. The van der Waals surface area contributed by atoms with Crippen LogP contribution in [0.5, 0.6) is 0 Å². The summed E-state index contributed by atoms with van der Waals surface area (Å²) in [6.07, 6.45) is 5.04. The minimum atomic E-state index is -1.65. The van der Waals surface area contributed by atoms with Crippen LogP contribution in [-0.2, 0) is 32.0 Å². The molecule has 2 aromatic heterocycles. The Kier molecular flexibility index (Phi) is 7.42. The lowest BCUT2D eigenvalue weighted by molar-refractivity contribution is -0.147. The van der Waals surface area contributed by atoms with E-state index in [0.29, 0.717) is 11.4 Å². The van der Waals surface area contributed by atoms with Crippen LogP contribution in [0.25, 0.3) is 0 Å². The van der Waals surface area contributed by atoms with Gasteiger partial charge in [-0.2, -0.15) is 0 Å². The van der Waals surface area contributed by atoms with Crippen LogP contribution in [0.15, 0.2) is 25.0 Å². The third kappa shape index (κ3) is 6.73. The zero-order valence-electron chi connectivity index (χ0n) is 15.2. The first-order chi connectivity index (χ1) is 13.8. The molecule has 0 spiro atoms. The fourth-order valence-electron chi connectivity index (χ4n) is 2.48. The van der Waals surface area contributed by atoms with E-state index in [1.54, 1.807) is 0 Å². The van der Waals surface area contributed by atoms with Crippen molar-refractivity contribution in [3.8, 4) is 0 Å². The molecule has 3 unspecified atom stereocenters. The Labute approximate surface area is 164 Å². The van der Waals surface area contributed by atoms with E-state index in [4.69, 9.17) is 15.9 Å². The van der Waals surface area contributed by atoms with Crippen molar-refractivity contribution in [2.75, 3.05) is 0 Å². The lowest BCUT2D eigenvalue weighted by Gasteiger charge is -2.22. The van der Waals surface area contributed by atoms with Gasteiger partial charge >= 0.3 is 11.9 Å². The number of rotatable bonds is 11. The standard InChI is InChI=1S/C16H21N7O6/c17-10(1-8-4-18-6-20-8)14(26)22-11(2-9-5-19-7-21-9)15(27)23-12(16(28)29)3-13(24)25/h4-7,10-12H,1-3,17H2,(H,18,20)(H,19,21)(H,22,26)(H,23,27)(H,24,25)(H,28,29). The maximum Gasteiger partial charge on any atom is 0.326 e. The van der Waals surface area contributed by atoms with E-state index < -0.39 is 48.3 Å². The molecule has 0 saturated carbocycles. The van der Waals surface area contributed by atoms with Crippen molar-refractivity contribution >= 4 is 23.8 Å². The molecule has 2 amide bonds. The number of aromatic amines is 2. The van der Waals surface area contributed by atoms with E-state index in [2.05, 4.69) is 30.6 Å². The summed E-state index contributed by atoms with van der Waals surface area (Å²) >= 11 is 0. The van der Waals surface area contributed by atoms with Crippen LogP contribution in [0.1, 0.15) is 17.8 Å². The number of aliphatic carboxylic acids is 2. The quantitative estimate of drug-likeness (QED) is 0.214. The van der Waals surface area contributed by atoms with E-state index >= 15 is 0 Å². The van der Waals surface area contributed by atoms with Crippen LogP contribution < -0.4 is 16.4 Å². The zero-order valence-corrected chi connectivity index (χ0v) is 15.2. The maximum absolute atomic E-state index is 12.6. The fourth-order valence-corrected chi connectivity index (χ4v) is 2.48. The summed E-state index contributed by atoms with van der Waals surface area (Å²) in [5.74, 6) is -4.42. The van der Waals surface area contributed by atoms with Crippen LogP contribution in [-0.4, -0.2) is 72.0 Å². The van der Waals surface area contributed by atoms with E-state index in [1.807, 2.05) is 0 Å². The number of nitrogens with one attached hydrogen (secondary N) is 4. The number of H-pyrrole nitrogens is 2. The molecule has 0 fully saturated rings. The average Bonchev–Trinajstić information content (AvgIpc) is 3.33. The highest BCUT2D eigenvalue weighted by atomic mass is 16.4. The molecule has 0 aliphatic carbocycles. The number of amides is 2.